The standard InChI is InChI=1S/C19H25N3O2/c1-14-10-11-16(19(24)22(14)4)18(23)20-17(12-13-21(2)3)15-8-6-5-7-9-15/h5-11,17H,12-13H2,1-4H3,(H,20,23). The Balaban J connectivity index is 2.24. The van der Waals surface area contributed by atoms with Crippen LogP contribution in [0.15, 0.2) is 47.3 Å². The molecule has 1 aromatic heterocycles. The molecule has 0 aliphatic rings. The minimum Gasteiger partial charge on any atom is -0.345 e. The number of carbonyl (C=O) groups excluding carboxylic acids is 1. The molecule has 2 aromatic rings. The molecule has 2 rings (SSSR count). The van der Waals surface area contributed by atoms with Crippen LogP contribution in [0.3, 0.4) is 0 Å². The lowest BCUT2D eigenvalue weighted by Crippen LogP contribution is -2.36. The first-order valence-corrected chi connectivity index (χ1v) is 8.07. The zero-order chi connectivity index (χ0) is 17.7. The fraction of sp³-hybridized carbons (Fsp3) is 0.368. The molecule has 1 atom stereocenters. The average Bonchev–Trinajstić information content (AvgIpc) is 2.57. The number of nitrogens with one attached hydrogen (secondary N) is 1. The van der Waals surface area contributed by atoms with Gasteiger partial charge in [0.1, 0.15) is 5.56 Å². The van der Waals surface area contributed by atoms with Crippen LogP contribution in [-0.4, -0.2) is 36.0 Å². The maximum absolute atomic E-state index is 12.6. The first-order valence-electron chi connectivity index (χ1n) is 8.07. The van der Waals surface area contributed by atoms with E-state index in [-0.39, 0.29) is 23.1 Å². The van der Waals surface area contributed by atoms with E-state index in [1.54, 1.807) is 19.2 Å². The van der Waals surface area contributed by atoms with Gasteiger partial charge in [0.15, 0.2) is 0 Å². The lowest BCUT2D eigenvalue weighted by Gasteiger charge is -2.21. The van der Waals surface area contributed by atoms with E-state index < -0.39 is 0 Å². The van der Waals surface area contributed by atoms with Crippen molar-refractivity contribution in [2.75, 3.05) is 20.6 Å². The zero-order valence-corrected chi connectivity index (χ0v) is 14.7. The molecule has 24 heavy (non-hydrogen) atoms. The molecule has 0 saturated carbocycles. The van der Waals surface area contributed by atoms with Gasteiger partial charge in [-0.15, -0.1) is 0 Å². The number of aromatic nitrogens is 1. The second kappa shape index (κ2) is 7.93. The number of amides is 1. The molecule has 1 amide bonds. The van der Waals surface area contributed by atoms with Gasteiger partial charge in [0.05, 0.1) is 6.04 Å². The van der Waals surface area contributed by atoms with Gasteiger partial charge in [-0.2, -0.15) is 0 Å². The normalized spacial score (nSPS) is 12.2. The number of hydrogen-bond acceptors (Lipinski definition) is 3. The Morgan fingerprint density at radius 2 is 1.83 bits per heavy atom. The van der Waals surface area contributed by atoms with E-state index in [1.807, 2.05) is 51.4 Å². The summed E-state index contributed by atoms with van der Waals surface area (Å²) in [6, 6.07) is 13.1. The van der Waals surface area contributed by atoms with E-state index in [2.05, 4.69) is 10.2 Å². The van der Waals surface area contributed by atoms with Crippen LogP contribution in [0.1, 0.15) is 34.1 Å². The smallest absolute Gasteiger partial charge is 0.263 e. The Kier molecular flexibility index (Phi) is 5.93. The number of rotatable bonds is 6. The lowest BCUT2D eigenvalue weighted by molar-refractivity contribution is 0.0930. The highest BCUT2D eigenvalue weighted by atomic mass is 16.2. The van der Waals surface area contributed by atoms with Gasteiger partial charge in [-0.25, -0.2) is 0 Å². The maximum atomic E-state index is 12.6. The van der Waals surface area contributed by atoms with Crippen LogP contribution in [0.2, 0.25) is 0 Å². The minimum absolute atomic E-state index is 0.132. The molecule has 0 bridgehead atoms. The highest BCUT2D eigenvalue weighted by molar-refractivity contribution is 5.94. The topological polar surface area (TPSA) is 54.3 Å². The first-order chi connectivity index (χ1) is 11.4. The Bertz CT molecular complexity index is 751. The molecule has 0 aliphatic carbocycles. The number of hydrogen-bond donors (Lipinski definition) is 1. The molecule has 128 valence electrons. The molecule has 0 aliphatic heterocycles. The van der Waals surface area contributed by atoms with Gasteiger partial charge in [0.25, 0.3) is 11.5 Å². The molecule has 1 aromatic carbocycles. The van der Waals surface area contributed by atoms with Gasteiger partial charge in [0, 0.05) is 12.7 Å². The molecule has 0 saturated heterocycles. The van der Waals surface area contributed by atoms with Crippen molar-refractivity contribution in [3.8, 4) is 0 Å². The van der Waals surface area contributed by atoms with Crippen molar-refractivity contribution in [2.24, 2.45) is 7.05 Å². The molecule has 0 spiro atoms. The number of pyridine rings is 1. The molecule has 1 heterocycles. The summed E-state index contributed by atoms with van der Waals surface area (Å²) in [5.41, 5.74) is 1.77. The summed E-state index contributed by atoms with van der Waals surface area (Å²) in [6.45, 7) is 2.68. The van der Waals surface area contributed by atoms with E-state index in [1.165, 1.54) is 4.57 Å². The maximum Gasteiger partial charge on any atom is 0.263 e. The van der Waals surface area contributed by atoms with Gasteiger partial charge in [-0.1, -0.05) is 30.3 Å². The number of carbonyl (C=O) groups is 1. The molecule has 5 nitrogen and oxygen atoms in total. The largest absolute Gasteiger partial charge is 0.345 e. The summed E-state index contributed by atoms with van der Waals surface area (Å²) in [5, 5.41) is 3.01. The third-order valence-electron chi connectivity index (χ3n) is 4.17. The molecule has 1 N–H and O–H groups in total. The highest BCUT2D eigenvalue weighted by Crippen LogP contribution is 2.17. The van der Waals surface area contributed by atoms with E-state index in [0.717, 1.165) is 24.2 Å². The van der Waals surface area contributed by atoms with Crippen molar-refractivity contribution in [2.45, 2.75) is 19.4 Å². The summed E-state index contributed by atoms with van der Waals surface area (Å²) in [7, 11) is 5.67. The lowest BCUT2D eigenvalue weighted by atomic mass is 10.0. The van der Waals surface area contributed by atoms with Gasteiger partial charge in [-0.3, -0.25) is 9.59 Å². The van der Waals surface area contributed by atoms with Crippen molar-refractivity contribution in [1.82, 2.24) is 14.8 Å². The Labute approximate surface area is 142 Å². The van der Waals surface area contributed by atoms with Crippen LogP contribution in [0, 0.1) is 6.92 Å². The van der Waals surface area contributed by atoms with Crippen molar-refractivity contribution >= 4 is 5.91 Å². The van der Waals surface area contributed by atoms with Gasteiger partial charge in [0.2, 0.25) is 0 Å². The van der Waals surface area contributed by atoms with Gasteiger partial charge in [-0.05, 0) is 51.7 Å². The molecular weight excluding hydrogens is 302 g/mol. The average molecular weight is 327 g/mol. The molecular formula is C19H25N3O2. The van der Waals surface area contributed by atoms with Crippen molar-refractivity contribution in [3.05, 3.63) is 69.6 Å². The van der Waals surface area contributed by atoms with Crippen LogP contribution in [0.4, 0.5) is 0 Å². The fourth-order valence-corrected chi connectivity index (χ4v) is 2.53. The van der Waals surface area contributed by atoms with Gasteiger partial charge >= 0.3 is 0 Å². The zero-order valence-electron chi connectivity index (χ0n) is 14.7. The molecule has 0 radical (unpaired) electrons. The highest BCUT2D eigenvalue weighted by Gasteiger charge is 2.18. The van der Waals surface area contributed by atoms with Gasteiger partial charge < -0.3 is 14.8 Å². The number of aryl methyl sites for hydroxylation is 1. The predicted octanol–water partition coefficient (Wildman–Crippen LogP) is 2.12. The Morgan fingerprint density at radius 1 is 1.17 bits per heavy atom. The summed E-state index contributed by atoms with van der Waals surface area (Å²) in [6.07, 6.45) is 0.773. The number of nitrogens with zero attached hydrogens (tertiary/aromatic N) is 2. The van der Waals surface area contributed by atoms with Crippen LogP contribution >= 0.6 is 0 Å². The summed E-state index contributed by atoms with van der Waals surface area (Å²) in [5.74, 6) is -0.330. The Morgan fingerprint density at radius 3 is 2.46 bits per heavy atom. The SMILES string of the molecule is Cc1ccc(C(=O)NC(CCN(C)C)c2ccccc2)c(=O)n1C. The summed E-state index contributed by atoms with van der Waals surface area (Å²) < 4.78 is 1.49. The van der Waals surface area contributed by atoms with Crippen LogP contribution in [-0.2, 0) is 7.05 Å². The van der Waals surface area contributed by atoms with Crippen molar-refractivity contribution in [3.63, 3.8) is 0 Å². The van der Waals surface area contributed by atoms with Crippen molar-refractivity contribution < 1.29 is 4.79 Å². The van der Waals surface area contributed by atoms with E-state index in [9.17, 15) is 9.59 Å². The third-order valence-corrected chi connectivity index (χ3v) is 4.17. The molecule has 5 heteroatoms. The quantitative estimate of drug-likeness (QED) is 0.884. The van der Waals surface area contributed by atoms with E-state index in [0.29, 0.717) is 0 Å². The van der Waals surface area contributed by atoms with Crippen molar-refractivity contribution in [1.29, 1.82) is 0 Å². The van der Waals surface area contributed by atoms with Crippen LogP contribution in [0.5, 0.6) is 0 Å². The minimum atomic E-state index is -0.330. The fourth-order valence-electron chi connectivity index (χ4n) is 2.53. The van der Waals surface area contributed by atoms with Crippen LogP contribution in [0.25, 0.3) is 0 Å². The van der Waals surface area contributed by atoms with E-state index >= 15 is 0 Å². The molecule has 0 fully saturated rings. The predicted molar refractivity (Wildman–Crippen MR) is 96.2 cm³/mol. The summed E-state index contributed by atoms with van der Waals surface area (Å²) in [4.78, 5) is 27.0. The first kappa shape index (κ1) is 17.9. The second-order valence-corrected chi connectivity index (χ2v) is 6.28. The summed E-state index contributed by atoms with van der Waals surface area (Å²) >= 11 is 0. The monoisotopic (exact) mass is 327 g/mol. The van der Waals surface area contributed by atoms with Crippen LogP contribution < -0.4 is 10.9 Å². The van der Waals surface area contributed by atoms with E-state index in [4.69, 9.17) is 0 Å². The molecule has 1 unspecified atom stereocenters. The second-order valence-electron chi connectivity index (χ2n) is 6.28. The Hall–Kier alpha value is -2.40. The third kappa shape index (κ3) is 4.32. The number of benzene rings is 1.